The lowest BCUT2D eigenvalue weighted by Crippen LogP contribution is -2.66. The van der Waals surface area contributed by atoms with Crippen LogP contribution in [0.25, 0.3) is 0 Å². The largest absolute Gasteiger partial charge is 0.466 e. The van der Waals surface area contributed by atoms with E-state index in [-0.39, 0.29) is 43.0 Å². The number of rotatable bonds is 6. The third-order valence-corrected chi connectivity index (χ3v) is 7.76. The molecule has 9 heteroatoms. The number of hydrogen-bond acceptors (Lipinski definition) is 8. The van der Waals surface area contributed by atoms with Crippen molar-refractivity contribution >= 4 is 23.6 Å². The van der Waals surface area contributed by atoms with Crippen LogP contribution in [0.3, 0.4) is 0 Å². The van der Waals surface area contributed by atoms with Crippen LogP contribution in [0.4, 0.5) is 0 Å². The number of allylic oxidation sites excluding steroid dienone is 1. The molecule has 0 aliphatic carbocycles. The Bertz CT molecular complexity index is 1400. The third kappa shape index (κ3) is 4.04. The van der Waals surface area contributed by atoms with E-state index in [0.717, 1.165) is 5.56 Å². The Hall–Kier alpha value is -4.24. The molecular formula is C30H30N2O7. The molecular weight excluding hydrogens is 500 g/mol. The number of cyclic esters (lactones) is 1. The molecule has 1 N–H and O–H groups in total. The number of methoxy groups -OCH3 is 1. The van der Waals surface area contributed by atoms with Gasteiger partial charge < -0.3 is 19.5 Å². The lowest BCUT2D eigenvalue weighted by molar-refractivity contribution is -0.174. The van der Waals surface area contributed by atoms with Gasteiger partial charge in [-0.05, 0) is 24.5 Å². The highest BCUT2D eigenvalue weighted by Crippen LogP contribution is 2.51. The SMILES string of the molecule is CCC(=O)[C@@]1(O)C(=O)N2C(=C3C(=O)OCC[C@@H]31)N(Cc1ccccc1)C(C)=C(C(=O)OC)[C@H]2c1ccccc1. The quantitative estimate of drug-likeness (QED) is 0.448. The van der Waals surface area contributed by atoms with Crippen molar-refractivity contribution in [3.05, 3.63) is 94.5 Å². The molecule has 3 aliphatic rings. The highest BCUT2D eigenvalue weighted by molar-refractivity contribution is 6.14. The zero-order valence-electron chi connectivity index (χ0n) is 22.0. The van der Waals surface area contributed by atoms with Crippen LogP contribution < -0.4 is 0 Å². The lowest BCUT2D eigenvalue weighted by Gasteiger charge is -2.53. The molecule has 9 nitrogen and oxygen atoms in total. The zero-order chi connectivity index (χ0) is 27.9. The molecule has 5 rings (SSSR count). The van der Waals surface area contributed by atoms with Crippen molar-refractivity contribution in [3.8, 4) is 0 Å². The monoisotopic (exact) mass is 530 g/mol. The first-order chi connectivity index (χ1) is 18.7. The first kappa shape index (κ1) is 26.4. The van der Waals surface area contributed by atoms with Crippen molar-refractivity contribution < 1.29 is 33.8 Å². The zero-order valence-corrected chi connectivity index (χ0v) is 22.0. The van der Waals surface area contributed by atoms with Crippen molar-refractivity contribution in [2.75, 3.05) is 13.7 Å². The summed E-state index contributed by atoms with van der Waals surface area (Å²) in [5, 5.41) is 11.9. The number of carbonyl (C=O) groups excluding carboxylic acids is 4. The number of aliphatic hydroxyl groups is 1. The molecule has 0 saturated carbocycles. The summed E-state index contributed by atoms with van der Waals surface area (Å²) in [4.78, 5) is 57.5. The van der Waals surface area contributed by atoms with E-state index in [1.54, 1.807) is 49.1 Å². The first-order valence-electron chi connectivity index (χ1n) is 12.9. The number of hydrogen-bond donors (Lipinski definition) is 1. The predicted molar refractivity (Wildman–Crippen MR) is 139 cm³/mol. The summed E-state index contributed by atoms with van der Waals surface area (Å²) >= 11 is 0. The van der Waals surface area contributed by atoms with Gasteiger partial charge in [0.25, 0.3) is 5.91 Å². The molecule has 0 aromatic heterocycles. The number of fused-ring (bicyclic) bond motifs is 2. The molecule has 2 aromatic rings. The molecule has 1 saturated heterocycles. The Labute approximate surface area is 226 Å². The number of ketones is 1. The van der Waals surface area contributed by atoms with E-state index >= 15 is 0 Å². The van der Waals surface area contributed by atoms with Crippen LogP contribution in [0.15, 0.2) is 83.3 Å². The molecule has 1 fully saturated rings. The Morgan fingerprint density at radius 3 is 2.33 bits per heavy atom. The molecule has 3 heterocycles. The smallest absolute Gasteiger partial charge is 0.338 e. The second-order valence-electron chi connectivity index (χ2n) is 9.81. The number of amides is 1. The van der Waals surface area contributed by atoms with E-state index in [2.05, 4.69) is 0 Å². The summed E-state index contributed by atoms with van der Waals surface area (Å²) in [6.07, 6.45) is -0.0130. The fraction of sp³-hybridized carbons (Fsp3) is 0.333. The average molecular weight is 531 g/mol. The van der Waals surface area contributed by atoms with Gasteiger partial charge in [0, 0.05) is 24.6 Å². The third-order valence-electron chi connectivity index (χ3n) is 7.76. The van der Waals surface area contributed by atoms with Gasteiger partial charge in [-0.1, -0.05) is 67.6 Å². The van der Waals surface area contributed by atoms with Crippen molar-refractivity contribution in [2.45, 2.75) is 44.9 Å². The summed E-state index contributed by atoms with van der Waals surface area (Å²) in [6.45, 7) is 3.47. The van der Waals surface area contributed by atoms with E-state index in [1.807, 2.05) is 30.3 Å². The van der Waals surface area contributed by atoms with E-state index in [9.17, 15) is 24.3 Å². The van der Waals surface area contributed by atoms with Gasteiger partial charge >= 0.3 is 11.9 Å². The maximum absolute atomic E-state index is 14.5. The molecule has 0 radical (unpaired) electrons. The van der Waals surface area contributed by atoms with Crippen LogP contribution in [-0.2, 0) is 35.2 Å². The number of nitrogens with zero attached hydrogens (tertiary/aromatic N) is 2. The van der Waals surface area contributed by atoms with Gasteiger partial charge in [0.15, 0.2) is 5.78 Å². The van der Waals surface area contributed by atoms with Crippen LogP contribution >= 0.6 is 0 Å². The van der Waals surface area contributed by atoms with Crippen LogP contribution in [0.5, 0.6) is 0 Å². The van der Waals surface area contributed by atoms with Crippen molar-refractivity contribution in [1.82, 2.24) is 9.80 Å². The van der Waals surface area contributed by atoms with Crippen LogP contribution in [0, 0.1) is 5.92 Å². The van der Waals surface area contributed by atoms with Crippen molar-refractivity contribution in [2.24, 2.45) is 5.92 Å². The highest BCUT2D eigenvalue weighted by Gasteiger charge is 2.63. The summed E-state index contributed by atoms with van der Waals surface area (Å²) < 4.78 is 10.6. The number of esters is 2. The minimum absolute atomic E-state index is 0.0318. The minimum atomic E-state index is -2.50. The molecule has 2 aromatic carbocycles. The van der Waals surface area contributed by atoms with E-state index in [0.29, 0.717) is 11.3 Å². The normalized spacial score (nSPS) is 24.7. The van der Waals surface area contributed by atoms with Crippen molar-refractivity contribution in [1.29, 1.82) is 0 Å². The molecule has 3 aliphatic heterocycles. The number of Topliss-reactive ketones (excluding diaryl/α,β-unsaturated/α-hetero) is 1. The standard InChI is InChI=1S/C30H30N2O7/c1-4-22(33)30(37)21-15-16-39-28(35)24(21)26-31(17-19-11-7-5-8-12-19)18(2)23(27(34)38-3)25(32(26)29(30)36)20-13-9-6-10-14-20/h5-14,21,25,37H,4,15-17H2,1-3H3/t21-,25+,30+/m0/s1. The minimum Gasteiger partial charge on any atom is -0.466 e. The van der Waals surface area contributed by atoms with Gasteiger partial charge in [-0.15, -0.1) is 0 Å². The fourth-order valence-corrected chi connectivity index (χ4v) is 5.87. The van der Waals surface area contributed by atoms with Gasteiger partial charge in [0.1, 0.15) is 5.82 Å². The van der Waals surface area contributed by atoms with Crippen LogP contribution in [-0.4, -0.2) is 57.9 Å². The Morgan fingerprint density at radius 2 is 1.72 bits per heavy atom. The van der Waals surface area contributed by atoms with Gasteiger partial charge in [-0.3, -0.25) is 14.5 Å². The maximum Gasteiger partial charge on any atom is 0.338 e. The first-order valence-corrected chi connectivity index (χ1v) is 12.9. The van der Waals surface area contributed by atoms with Gasteiger partial charge in [0.05, 0.1) is 30.9 Å². The average Bonchev–Trinajstić information content (AvgIpc) is 2.96. The lowest BCUT2D eigenvalue weighted by atomic mass is 9.70. The predicted octanol–water partition coefficient (Wildman–Crippen LogP) is 3.02. The Morgan fingerprint density at radius 1 is 1.08 bits per heavy atom. The van der Waals surface area contributed by atoms with E-state index in [1.165, 1.54) is 12.0 Å². The summed E-state index contributed by atoms with van der Waals surface area (Å²) in [6, 6.07) is 17.1. The molecule has 1 amide bonds. The highest BCUT2D eigenvalue weighted by atomic mass is 16.5. The molecule has 0 spiro atoms. The second-order valence-corrected chi connectivity index (χ2v) is 9.81. The van der Waals surface area contributed by atoms with E-state index in [4.69, 9.17) is 9.47 Å². The number of benzene rings is 2. The summed E-state index contributed by atoms with van der Waals surface area (Å²) in [7, 11) is 1.25. The fourth-order valence-electron chi connectivity index (χ4n) is 5.87. The Kier molecular flexibility index (Phi) is 6.86. The van der Waals surface area contributed by atoms with Gasteiger partial charge in [-0.2, -0.15) is 0 Å². The van der Waals surface area contributed by atoms with Crippen LogP contribution in [0.2, 0.25) is 0 Å². The summed E-state index contributed by atoms with van der Waals surface area (Å²) in [5.41, 5.74) is -0.403. The maximum atomic E-state index is 14.5. The van der Waals surface area contributed by atoms with E-state index < -0.39 is 41.2 Å². The topological polar surface area (TPSA) is 113 Å². The van der Waals surface area contributed by atoms with Crippen molar-refractivity contribution in [3.63, 3.8) is 0 Å². The number of carbonyl (C=O) groups is 4. The molecule has 202 valence electrons. The van der Waals surface area contributed by atoms with Gasteiger partial charge in [-0.25, -0.2) is 9.59 Å². The van der Waals surface area contributed by atoms with Gasteiger partial charge in [0.2, 0.25) is 5.60 Å². The molecule has 0 unspecified atom stereocenters. The Balaban J connectivity index is 1.87. The second kappa shape index (κ2) is 10.1. The summed E-state index contributed by atoms with van der Waals surface area (Å²) in [5.74, 6) is -3.85. The molecule has 3 atom stereocenters. The molecule has 39 heavy (non-hydrogen) atoms. The number of ether oxygens (including phenoxy) is 2. The molecule has 0 bridgehead atoms. The van der Waals surface area contributed by atoms with Crippen LogP contribution in [0.1, 0.15) is 43.9 Å².